The SMILES string of the molecule is CC.CCC(=O)c1sccc1-c1c(C)ccc(CC)c1-c1ccc(C(C)(C)CC)c(F)c1. The second-order valence-electron chi connectivity index (χ2n) is 8.52. The number of carbonyl (C=O) groups excluding carboxylic acids is 1. The van der Waals surface area contributed by atoms with E-state index in [9.17, 15) is 4.79 Å². The molecule has 0 aliphatic heterocycles. The van der Waals surface area contributed by atoms with Gasteiger partial charge in [-0.1, -0.05) is 72.7 Å². The normalized spacial score (nSPS) is 11.2. The van der Waals surface area contributed by atoms with Crippen LogP contribution in [0.15, 0.2) is 41.8 Å². The fourth-order valence-corrected chi connectivity index (χ4v) is 4.93. The molecule has 3 heteroatoms. The van der Waals surface area contributed by atoms with E-state index in [1.54, 1.807) is 6.07 Å². The summed E-state index contributed by atoms with van der Waals surface area (Å²) in [6, 6.07) is 11.9. The number of ketones is 1. The van der Waals surface area contributed by atoms with Crippen molar-refractivity contribution in [3.8, 4) is 22.3 Å². The molecule has 0 fully saturated rings. The van der Waals surface area contributed by atoms with Crippen LogP contribution >= 0.6 is 11.3 Å². The number of benzene rings is 2. The number of rotatable bonds is 7. The van der Waals surface area contributed by atoms with Crippen molar-refractivity contribution < 1.29 is 9.18 Å². The van der Waals surface area contributed by atoms with E-state index in [0.717, 1.165) is 51.1 Å². The van der Waals surface area contributed by atoms with E-state index in [1.165, 1.54) is 16.9 Å². The Morgan fingerprint density at radius 2 is 1.69 bits per heavy atom. The first-order valence-electron chi connectivity index (χ1n) is 11.8. The fraction of sp³-hybridized carbons (Fsp3) is 0.414. The Kier molecular flexibility index (Phi) is 8.98. The molecule has 0 saturated carbocycles. The Labute approximate surface area is 197 Å². The zero-order chi connectivity index (χ0) is 24.1. The molecule has 1 nitrogen and oxygen atoms in total. The standard InChI is InChI=1S/C27H31FOS.C2H6/c1-7-18-11-10-17(4)24(20-14-15-30-26(20)23(29)8-2)25(18)19-12-13-21(22(28)16-19)27(5,6)9-3;1-2/h10-16H,7-9H2,1-6H3;1-2H3. The van der Waals surface area contributed by atoms with E-state index < -0.39 is 0 Å². The largest absolute Gasteiger partial charge is 0.293 e. The highest BCUT2D eigenvalue weighted by atomic mass is 32.1. The molecule has 0 aliphatic rings. The van der Waals surface area contributed by atoms with Crippen molar-refractivity contribution in [2.45, 2.75) is 80.1 Å². The van der Waals surface area contributed by atoms with Gasteiger partial charge in [0, 0.05) is 12.0 Å². The van der Waals surface area contributed by atoms with Crippen LogP contribution in [0, 0.1) is 12.7 Å². The van der Waals surface area contributed by atoms with Crippen LogP contribution in [0.3, 0.4) is 0 Å². The van der Waals surface area contributed by atoms with Crippen LogP contribution in [-0.4, -0.2) is 5.78 Å². The van der Waals surface area contributed by atoms with Gasteiger partial charge in [0.2, 0.25) is 0 Å². The molecule has 0 atom stereocenters. The molecule has 32 heavy (non-hydrogen) atoms. The van der Waals surface area contributed by atoms with Crippen LogP contribution in [0.2, 0.25) is 0 Å². The molecular weight excluding hydrogens is 415 g/mol. The molecule has 1 aromatic heterocycles. The van der Waals surface area contributed by atoms with Crippen LogP contribution < -0.4 is 0 Å². The molecule has 0 amide bonds. The van der Waals surface area contributed by atoms with Gasteiger partial charge >= 0.3 is 0 Å². The van der Waals surface area contributed by atoms with Crippen LogP contribution in [0.25, 0.3) is 22.3 Å². The molecule has 0 unspecified atom stereocenters. The van der Waals surface area contributed by atoms with Gasteiger partial charge < -0.3 is 0 Å². The Morgan fingerprint density at radius 1 is 1.00 bits per heavy atom. The average molecular weight is 453 g/mol. The lowest BCUT2D eigenvalue weighted by molar-refractivity contribution is 0.0992. The molecule has 0 aliphatic carbocycles. The van der Waals surface area contributed by atoms with Gasteiger partial charge in [0.15, 0.2) is 5.78 Å². The van der Waals surface area contributed by atoms with E-state index in [4.69, 9.17) is 0 Å². The molecule has 0 bridgehead atoms. The summed E-state index contributed by atoms with van der Waals surface area (Å²) < 4.78 is 15.2. The lowest BCUT2D eigenvalue weighted by Gasteiger charge is -2.25. The van der Waals surface area contributed by atoms with Crippen molar-refractivity contribution in [1.29, 1.82) is 0 Å². The highest BCUT2D eigenvalue weighted by Crippen LogP contribution is 2.42. The number of hydrogen-bond donors (Lipinski definition) is 0. The summed E-state index contributed by atoms with van der Waals surface area (Å²) in [5, 5.41) is 1.98. The maximum Gasteiger partial charge on any atom is 0.173 e. The first-order valence-corrected chi connectivity index (χ1v) is 12.7. The minimum atomic E-state index is -0.209. The summed E-state index contributed by atoms with van der Waals surface area (Å²) in [6.45, 7) is 16.3. The molecule has 3 aromatic rings. The first-order chi connectivity index (χ1) is 15.2. The minimum Gasteiger partial charge on any atom is -0.293 e. The van der Waals surface area contributed by atoms with Gasteiger partial charge in [0.05, 0.1) is 4.88 Å². The van der Waals surface area contributed by atoms with Gasteiger partial charge in [0.25, 0.3) is 0 Å². The summed E-state index contributed by atoms with van der Waals surface area (Å²) in [5.74, 6) is -0.0116. The monoisotopic (exact) mass is 452 g/mol. The third-order valence-electron chi connectivity index (χ3n) is 6.26. The van der Waals surface area contributed by atoms with E-state index in [2.05, 4.69) is 46.8 Å². The van der Waals surface area contributed by atoms with Gasteiger partial charge in [-0.25, -0.2) is 4.39 Å². The average Bonchev–Trinajstić information content (AvgIpc) is 3.28. The van der Waals surface area contributed by atoms with Crippen molar-refractivity contribution in [2.24, 2.45) is 0 Å². The first kappa shape index (κ1) is 26.0. The van der Waals surface area contributed by atoms with Crippen molar-refractivity contribution in [2.75, 3.05) is 0 Å². The zero-order valence-electron chi connectivity index (χ0n) is 20.9. The number of thiophene rings is 1. The highest BCUT2D eigenvalue weighted by Gasteiger charge is 2.24. The maximum atomic E-state index is 15.2. The number of Topliss-reactive ketones (excluding diaryl/α,β-unsaturated/α-hetero) is 1. The van der Waals surface area contributed by atoms with E-state index in [0.29, 0.717) is 6.42 Å². The number of hydrogen-bond acceptors (Lipinski definition) is 2. The lowest BCUT2D eigenvalue weighted by Crippen LogP contribution is -2.17. The lowest BCUT2D eigenvalue weighted by atomic mass is 9.80. The second kappa shape index (κ2) is 11.0. The number of aryl methyl sites for hydroxylation is 2. The molecule has 1 heterocycles. The predicted molar refractivity (Wildman–Crippen MR) is 139 cm³/mol. The third-order valence-corrected chi connectivity index (χ3v) is 7.22. The highest BCUT2D eigenvalue weighted by molar-refractivity contribution is 7.12. The van der Waals surface area contributed by atoms with Gasteiger partial charge in [-0.2, -0.15) is 0 Å². The summed E-state index contributed by atoms with van der Waals surface area (Å²) in [4.78, 5) is 13.4. The summed E-state index contributed by atoms with van der Waals surface area (Å²) in [7, 11) is 0. The molecular formula is C29H37FOS. The van der Waals surface area contributed by atoms with Gasteiger partial charge in [0.1, 0.15) is 5.82 Å². The summed E-state index contributed by atoms with van der Waals surface area (Å²) in [5.41, 5.74) is 6.74. The number of carbonyl (C=O) groups is 1. The Morgan fingerprint density at radius 3 is 2.25 bits per heavy atom. The van der Waals surface area contributed by atoms with E-state index >= 15 is 4.39 Å². The molecule has 0 radical (unpaired) electrons. The van der Waals surface area contributed by atoms with Gasteiger partial charge in [-0.15, -0.1) is 11.3 Å². The van der Waals surface area contributed by atoms with Crippen LogP contribution in [0.1, 0.15) is 87.7 Å². The smallest absolute Gasteiger partial charge is 0.173 e. The molecule has 2 aromatic carbocycles. The summed E-state index contributed by atoms with van der Waals surface area (Å²) >= 11 is 1.49. The van der Waals surface area contributed by atoms with Gasteiger partial charge in [-0.05, 0) is 76.1 Å². The topological polar surface area (TPSA) is 17.1 Å². The van der Waals surface area contributed by atoms with Crippen molar-refractivity contribution in [3.63, 3.8) is 0 Å². The van der Waals surface area contributed by atoms with Crippen LogP contribution in [-0.2, 0) is 11.8 Å². The Balaban J connectivity index is 0.00000176. The molecule has 3 rings (SSSR count). The quantitative estimate of drug-likeness (QED) is 0.326. The van der Waals surface area contributed by atoms with Crippen molar-refractivity contribution >= 4 is 17.1 Å². The van der Waals surface area contributed by atoms with Crippen LogP contribution in [0.4, 0.5) is 4.39 Å². The number of halogens is 1. The molecule has 0 N–H and O–H groups in total. The molecule has 0 spiro atoms. The Bertz CT molecular complexity index is 1070. The maximum absolute atomic E-state index is 15.2. The summed E-state index contributed by atoms with van der Waals surface area (Å²) in [6.07, 6.45) is 2.19. The van der Waals surface area contributed by atoms with E-state index in [1.807, 2.05) is 44.4 Å². The van der Waals surface area contributed by atoms with Crippen molar-refractivity contribution in [1.82, 2.24) is 0 Å². The fourth-order valence-electron chi connectivity index (χ4n) is 4.01. The molecule has 172 valence electrons. The zero-order valence-corrected chi connectivity index (χ0v) is 21.7. The van der Waals surface area contributed by atoms with Crippen molar-refractivity contribution in [3.05, 3.63) is 69.2 Å². The Hall–Kier alpha value is -2.26. The van der Waals surface area contributed by atoms with Crippen LogP contribution in [0.5, 0.6) is 0 Å². The van der Waals surface area contributed by atoms with E-state index in [-0.39, 0.29) is 17.0 Å². The van der Waals surface area contributed by atoms with Gasteiger partial charge in [-0.3, -0.25) is 4.79 Å². The third kappa shape index (κ3) is 5.04. The second-order valence-corrected chi connectivity index (χ2v) is 9.43. The minimum absolute atomic E-state index is 0.151. The molecule has 0 saturated heterocycles. The predicted octanol–water partition coefficient (Wildman–Crippen LogP) is 9.40.